The van der Waals surface area contributed by atoms with Gasteiger partial charge in [0, 0.05) is 18.6 Å². The summed E-state index contributed by atoms with van der Waals surface area (Å²) in [7, 11) is 0. The summed E-state index contributed by atoms with van der Waals surface area (Å²) in [5, 5.41) is 3.62. The van der Waals surface area contributed by atoms with Crippen LogP contribution in [0.3, 0.4) is 0 Å². The summed E-state index contributed by atoms with van der Waals surface area (Å²) in [5.41, 5.74) is 7.56. The number of hydrogen-bond acceptors (Lipinski definition) is 2. The van der Waals surface area contributed by atoms with Crippen molar-refractivity contribution in [3.8, 4) is 0 Å². The molecule has 0 saturated heterocycles. The highest BCUT2D eigenvalue weighted by Crippen LogP contribution is 2.24. The Bertz CT molecular complexity index is 336. The lowest BCUT2D eigenvalue weighted by molar-refractivity contribution is 0.461. The SMILES string of the molecule is CC1CCC(NCC(N)CCc2ccccc2)C1. The summed E-state index contributed by atoms with van der Waals surface area (Å²) >= 11 is 0. The van der Waals surface area contributed by atoms with Crippen molar-refractivity contribution in [1.29, 1.82) is 0 Å². The van der Waals surface area contributed by atoms with Gasteiger partial charge in [0.05, 0.1) is 0 Å². The highest BCUT2D eigenvalue weighted by atomic mass is 14.9. The van der Waals surface area contributed by atoms with E-state index in [2.05, 4.69) is 42.6 Å². The zero-order valence-corrected chi connectivity index (χ0v) is 11.4. The number of aryl methyl sites for hydroxylation is 1. The van der Waals surface area contributed by atoms with Gasteiger partial charge in [0.25, 0.3) is 0 Å². The molecule has 1 aliphatic rings. The van der Waals surface area contributed by atoms with Crippen molar-refractivity contribution in [1.82, 2.24) is 5.32 Å². The highest BCUT2D eigenvalue weighted by Gasteiger charge is 2.20. The molecule has 1 aliphatic carbocycles. The van der Waals surface area contributed by atoms with Crippen molar-refractivity contribution < 1.29 is 0 Å². The van der Waals surface area contributed by atoms with Crippen LogP contribution in [0.2, 0.25) is 0 Å². The minimum Gasteiger partial charge on any atom is -0.327 e. The molecule has 0 aliphatic heterocycles. The van der Waals surface area contributed by atoms with Gasteiger partial charge in [0.1, 0.15) is 0 Å². The van der Waals surface area contributed by atoms with Crippen molar-refractivity contribution in [3.05, 3.63) is 35.9 Å². The molecule has 0 heterocycles. The lowest BCUT2D eigenvalue weighted by Crippen LogP contribution is -2.38. The van der Waals surface area contributed by atoms with Gasteiger partial charge in [0.15, 0.2) is 0 Å². The fourth-order valence-electron chi connectivity index (χ4n) is 2.81. The molecular weight excluding hydrogens is 220 g/mol. The first kappa shape index (κ1) is 13.6. The standard InChI is InChI=1S/C16H26N2/c1-13-7-10-16(11-13)18-12-15(17)9-8-14-5-3-2-4-6-14/h2-6,13,15-16,18H,7-12,17H2,1H3. The van der Waals surface area contributed by atoms with Gasteiger partial charge in [-0.05, 0) is 43.6 Å². The molecule has 1 fully saturated rings. The number of benzene rings is 1. The van der Waals surface area contributed by atoms with Crippen molar-refractivity contribution in [3.63, 3.8) is 0 Å². The minimum absolute atomic E-state index is 0.279. The molecule has 0 spiro atoms. The van der Waals surface area contributed by atoms with Gasteiger partial charge in [-0.1, -0.05) is 37.3 Å². The van der Waals surface area contributed by atoms with Gasteiger partial charge in [-0.2, -0.15) is 0 Å². The molecule has 0 bridgehead atoms. The van der Waals surface area contributed by atoms with Gasteiger partial charge in [-0.15, -0.1) is 0 Å². The molecule has 100 valence electrons. The minimum atomic E-state index is 0.279. The number of rotatable bonds is 6. The van der Waals surface area contributed by atoms with Crippen molar-refractivity contribution in [2.24, 2.45) is 11.7 Å². The summed E-state index contributed by atoms with van der Waals surface area (Å²) in [6, 6.07) is 11.6. The van der Waals surface area contributed by atoms with Crippen LogP contribution in [-0.2, 0) is 6.42 Å². The van der Waals surface area contributed by atoms with Crippen LogP contribution in [0.15, 0.2) is 30.3 Å². The fourth-order valence-corrected chi connectivity index (χ4v) is 2.81. The quantitative estimate of drug-likeness (QED) is 0.810. The van der Waals surface area contributed by atoms with E-state index < -0.39 is 0 Å². The average molecular weight is 246 g/mol. The Morgan fingerprint density at radius 2 is 2.06 bits per heavy atom. The zero-order chi connectivity index (χ0) is 12.8. The number of hydrogen-bond donors (Lipinski definition) is 2. The average Bonchev–Trinajstić information content (AvgIpc) is 2.81. The smallest absolute Gasteiger partial charge is 0.0168 e. The van der Waals surface area contributed by atoms with Crippen LogP contribution in [0.1, 0.15) is 38.2 Å². The van der Waals surface area contributed by atoms with E-state index in [-0.39, 0.29) is 6.04 Å². The number of nitrogens with one attached hydrogen (secondary N) is 1. The molecule has 2 heteroatoms. The molecular formula is C16H26N2. The largest absolute Gasteiger partial charge is 0.327 e. The Kier molecular flexibility index (Phi) is 5.21. The second kappa shape index (κ2) is 6.91. The summed E-state index contributed by atoms with van der Waals surface area (Å²) < 4.78 is 0. The van der Waals surface area contributed by atoms with Crippen molar-refractivity contribution >= 4 is 0 Å². The van der Waals surface area contributed by atoms with Crippen LogP contribution in [-0.4, -0.2) is 18.6 Å². The molecule has 2 nitrogen and oxygen atoms in total. The molecule has 1 saturated carbocycles. The summed E-state index contributed by atoms with van der Waals surface area (Å²) in [5.74, 6) is 0.892. The van der Waals surface area contributed by atoms with E-state index in [0.717, 1.165) is 25.3 Å². The fraction of sp³-hybridized carbons (Fsp3) is 0.625. The molecule has 18 heavy (non-hydrogen) atoms. The van der Waals surface area contributed by atoms with E-state index in [1.165, 1.54) is 24.8 Å². The van der Waals surface area contributed by atoms with Gasteiger partial charge in [-0.25, -0.2) is 0 Å². The first-order chi connectivity index (χ1) is 8.74. The Hall–Kier alpha value is -0.860. The predicted octanol–water partition coefficient (Wildman–Crippen LogP) is 2.72. The lowest BCUT2D eigenvalue weighted by atomic mass is 10.1. The van der Waals surface area contributed by atoms with Crippen LogP contribution >= 0.6 is 0 Å². The number of nitrogens with two attached hydrogens (primary N) is 1. The summed E-state index contributed by atoms with van der Waals surface area (Å²) in [6.45, 7) is 3.31. The lowest BCUT2D eigenvalue weighted by Gasteiger charge is -2.17. The van der Waals surface area contributed by atoms with Crippen LogP contribution in [0.4, 0.5) is 0 Å². The molecule has 0 radical (unpaired) electrons. The van der Waals surface area contributed by atoms with E-state index >= 15 is 0 Å². The highest BCUT2D eigenvalue weighted by molar-refractivity contribution is 5.14. The third-order valence-corrected chi connectivity index (χ3v) is 4.01. The predicted molar refractivity (Wildman–Crippen MR) is 77.5 cm³/mol. The molecule has 1 aromatic rings. The van der Waals surface area contributed by atoms with E-state index in [1.807, 2.05) is 0 Å². The maximum Gasteiger partial charge on any atom is 0.0168 e. The Morgan fingerprint density at radius 1 is 1.28 bits per heavy atom. The first-order valence-corrected chi connectivity index (χ1v) is 7.27. The third kappa shape index (κ3) is 4.43. The van der Waals surface area contributed by atoms with Crippen molar-refractivity contribution in [2.45, 2.75) is 51.1 Å². The van der Waals surface area contributed by atoms with Crippen molar-refractivity contribution in [2.75, 3.05) is 6.54 Å². The maximum absolute atomic E-state index is 6.17. The van der Waals surface area contributed by atoms with Crippen LogP contribution in [0.5, 0.6) is 0 Å². The van der Waals surface area contributed by atoms with Gasteiger partial charge in [-0.3, -0.25) is 0 Å². The second-order valence-corrected chi connectivity index (χ2v) is 5.81. The monoisotopic (exact) mass is 246 g/mol. The van der Waals surface area contributed by atoms with Crippen LogP contribution in [0.25, 0.3) is 0 Å². The Labute approximate surface area is 111 Å². The molecule has 0 amide bonds. The van der Waals surface area contributed by atoms with E-state index in [9.17, 15) is 0 Å². The van der Waals surface area contributed by atoms with Crippen LogP contribution in [0, 0.1) is 5.92 Å². The molecule has 0 aromatic heterocycles. The molecule has 3 unspecified atom stereocenters. The maximum atomic E-state index is 6.17. The van der Waals surface area contributed by atoms with E-state index in [4.69, 9.17) is 5.73 Å². The first-order valence-electron chi connectivity index (χ1n) is 7.27. The van der Waals surface area contributed by atoms with Gasteiger partial charge < -0.3 is 11.1 Å². The Balaban J connectivity index is 1.62. The zero-order valence-electron chi connectivity index (χ0n) is 11.4. The van der Waals surface area contributed by atoms with E-state index in [0.29, 0.717) is 6.04 Å². The normalized spacial score (nSPS) is 25.2. The molecule has 2 rings (SSSR count). The Morgan fingerprint density at radius 3 is 2.72 bits per heavy atom. The molecule has 3 N–H and O–H groups in total. The summed E-state index contributed by atoms with van der Waals surface area (Å²) in [4.78, 5) is 0. The van der Waals surface area contributed by atoms with E-state index in [1.54, 1.807) is 0 Å². The topological polar surface area (TPSA) is 38.0 Å². The third-order valence-electron chi connectivity index (χ3n) is 4.01. The second-order valence-electron chi connectivity index (χ2n) is 5.81. The molecule has 3 atom stereocenters. The van der Waals surface area contributed by atoms with Crippen LogP contribution < -0.4 is 11.1 Å². The molecule has 1 aromatic carbocycles. The van der Waals surface area contributed by atoms with Gasteiger partial charge in [0.2, 0.25) is 0 Å². The summed E-state index contributed by atoms with van der Waals surface area (Å²) in [6.07, 6.45) is 6.18. The van der Waals surface area contributed by atoms with Gasteiger partial charge >= 0.3 is 0 Å².